The predicted molar refractivity (Wildman–Crippen MR) is 68.6 cm³/mol. The number of aromatic nitrogens is 2. The number of aromatic amines is 1. The van der Waals surface area contributed by atoms with E-state index < -0.39 is 0 Å². The number of hydrogen-bond donors (Lipinski definition) is 1. The van der Waals surface area contributed by atoms with Gasteiger partial charge in [0.05, 0.1) is 0 Å². The van der Waals surface area contributed by atoms with Crippen LogP contribution < -0.4 is 5.56 Å². The number of aryl methyl sites for hydroxylation is 1. The topological polar surface area (TPSA) is 37.8 Å². The summed E-state index contributed by atoms with van der Waals surface area (Å²) in [5.74, 6) is 0. The van der Waals surface area contributed by atoms with E-state index in [-0.39, 0.29) is 5.56 Å². The van der Waals surface area contributed by atoms with Crippen molar-refractivity contribution in [1.29, 1.82) is 0 Å². The van der Waals surface area contributed by atoms with Gasteiger partial charge in [0.2, 0.25) is 0 Å². The van der Waals surface area contributed by atoms with E-state index in [0.717, 1.165) is 16.6 Å². The lowest BCUT2D eigenvalue weighted by Crippen LogP contribution is -2.18. The van der Waals surface area contributed by atoms with Crippen molar-refractivity contribution < 1.29 is 0 Å². The monoisotopic (exact) mass is 224 g/mol. The number of nitrogens with one attached hydrogen (secondary N) is 1. The van der Waals surface area contributed by atoms with Crippen molar-refractivity contribution in [3.05, 3.63) is 64.7 Å². The Morgan fingerprint density at radius 3 is 2.65 bits per heavy atom. The van der Waals surface area contributed by atoms with Gasteiger partial charge in [0.1, 0.15) is 5.52 Å². The molecule has 0 amide bonds. The van der Waals surface area contributed by atoms with Gasteiger partial charge in [-0.25, -0.2) is 0 Å². The zero-order valence-corrected chi connectivity index (χ0v) is 9.47. The molecule has 17 heavy (non-hydrogen) atoms. The average molecular weight is 224 g/mol. The SMILES string of the molecule is Cc1cn(-c2ccccc2)c(=O)c2[nH]ccc12. The van der Waals surface area contributed by atoms with Gasteiger partial charge in [0.25, 0.3) is 5.56 Å². The maximum Gasteiger partial charge on any atom is 0.279 e. The van der Waals surface area contributed by atoms with Crippen molar-refractivity contribution in [1.82, 2.24) is 9.55 Å². The standard InChI is InChI=1S/C14H12N2O/c1-10-9-16(11-5-3-2-4-6-11)14(17)13-12(10)7-8-15-13/h2-9,15H,1H3. The number of fused-ring (bicyclic) bond motifs is 1. The largest absolute Gasteiger partial charge is 0.357 e. The molecule has 0 aliphatic rings. The van der Waals surface area contributed by atoms with Crippen LogP contribution in [0.5, 0.6) is 0 Å². The Hall–Kier alpha value is -2.29. The van der Waals surface area contributed by atoms with E-state index in [0.29, 0.717) is 5.52 Å². The summed E-state index contributed by atoms with van der Waals surface area (Å²) in [4.78, 5) is 15.3. The van der Waals surface area contributed by atoms with Gasteiger partial charge < -0.3 is 4.98 Å². The Balaban J connectivity index is 2.39. The molecule has 1 aromatic carbocycles. The lowest BCUT2D eigenvalue weighted by atomic mass is 10.2. The third kappa shape index (κ3) is 1.47. The van der Waals surface area contributed by atoms with Crippen LogP contribution in [0.2, 0.25) is 0 Å². The molecule has 3 aromatic rings. The first-order valence-corrected chi connectivity index (χ1v) is 5.52. The van der Waals surface area contributed by atoms with Crippen molar-refractivity contribution >= 4 is 10.9 Å². The number of hydrogen-bond acceptors (Lipinski definition) is 1. The highest BCUT2D eigenvalue weighted by molar-refractivity contribution is 5.81. The molecule has 84 valence electrons. The summed E-state index contributed by atoms with van der Waals surface area (Å²) in [5.41, 5.74) is 2.62. The Labute approximate surface area is 98.3 Å². The summed E-state index contributed by atoms with van der Waals surface area (Å²) in [5, 5.41) is 0.988. The minimum absolute atomic E-state index is 0.0122. The number of para-hydroxylation sites is 1. The molecule has 2 heterocycles. The Kier molecular flexibility index (Phi) is 2.11. The molecule has 0 saturated heterocycles. The number of pyridine rings is 1. The maximum atomic E-state index is 12.3. The molecule has 0 fully saturated rings. The van der Waals surface area contributed by atoms with Crippen LogP contribution in [0.3, 0.4) is 0 Å². The molecule has 3 heteroatoms. The fourth-order valence-electron chi connectivity index (χ4n) is 2.10. The van der Waals surface area contributed by atoms with Gasteiger partial charge in [-0.1, -0.05) is 18.2 Å². The van der Waals surface area contributed by atoms with Crippen LogP contribution in [-0.2, 0) is 0 Å². The van der Waals surface area contributed by atoms with Crippen LogP contribution in [0.15, 0.2) is 53.6 Å². The zero-order chi connectivity index (χ0) is 11.8. The molecule has 0 aliphatic carbocycles. The lowest BCUT2D eigenvalue weighted by molar-refractivity contribution is 0.992. The van der Waals surface area contributed by atoms with Gasteiger partial charge in [0, 0.05) is 23.5 Å². The summed E-state index contributed by atoms with van der Waals surface area (Å²) in [6, 6.07) is 11.6. The van der Waals surface area contributed by atoms with Gasteiger partial charge in [0.15, 0.2) is 0 Å². The third-order valence-corrected chi connectivity index (χ3v) is 2.96. The molecule has 0 aliphatic heterocycles. The second kappa shape index (κ2) is 3.63. The number of H-pyrrole nitrogens is 1. The van der Waals surface area contributed by atoms with Crippen LogP contribution in [0.1, 0.15) is 5.56 Å². The lowest BCUT2D eigenvalue weighted by Gasteiger charge is -2.07. The second-order valence-electron chi connectivity index (χ2n) is 4.09. The summed E-state index contributed by atoms with van der Waals surface area (Å²) < 4.78 is 1.67. The van der Waals surface area contributed by atoms with Crippen LogP contribution in [-0.4, -0.2) is 9.55 Å². The fourth-order valence-corrected chi connectivity index (χ4v) is 2.10. The molecule has 0 bridgehead atoms. The van der Waals surface area contributed by atoms with Gasteiger partial charge in [-0.15, -0.1) is 0 Å². The maximum absolute atomic E-state index is 12.3. The molecule has 1 N–H and O–H groups in total. The number of nitrogens with zero attached hydrogens (tertiary/aromatic N) is 1. The van der Waals surface area contributed by atoms with Crippen LogP contribution in [0.4, 0.5) is 0 Å². The first kappa shape index (κ1) is 9.90. The van der Waals surface area contributed by atoms with E-state index in [1.165, 1.54) is 0 Å². The summed E-state index contributed by atoms with van der Waals surface area (Å²) in [7, 11) is 0. The molecule has 3 rings (SSSR count). The van der Waals surface area contributed by atoms with E-state index in [2.05, 4.69) is 4.98 Å². The second-order valence-corrected chi connectivity index (χ2v) is 4.09. The quantitative estimate of drug-likeness (QED) is 0.678. The van der Waals surface area contributed by atoms with E-state index in [4.69, 9.17) is 0 Å². The number of rotatable bonds is 1. The molecule has 3 nitrogen and oxygen atoms in total. The molecule has 0 radical (unpaired) electrons. The molecule has 0 atom stereocenters. The van der Waals surface area contributed by atoms with Crippen molar-refractivity contribution in [2.75, 3.05) is 0 Å². The van der Waals surface area contributed by atoms with Gasteiger partial charge in [-0.2, -0.15) is 0 Å². The average Bonchev–Trinajstić information content (AvgIpc) is 2.85. The molecule has 2 aromatic heterocycles. The Morgan fingerprint density at radius 2 is 1.88 bits per heavy atom. The van der Waals surface area contributed by atoms with Crippen molar-refractivity contribution in [3.8, 4) is 5.69 Å². The molecular weight excluding hydrogens is 212 g/mol. The Morgan fingerprint density at radius 1 is 1.12 bits per heavy atom. The highest BCUT2D eigenvalue weighted by atomic mass is 16.1. The summed E-state index contributed by atoms with van der Waals surface area (Å²) in [6.45, 7) is 2.01. The molecule has 0 saturated carbocycles. The number of benzene rings is 1. The highest BCUT2D eigenvalue weighted by Crippen LogP contribution is 2.15. The predicted octanol–water partition coefficient (Wildman–Crippen LogP) is 2.63. The fraction of sp³-hybridized carbons (Fsp3) is 0.0714. The van der Waals surface area contributed by atoms with E-state index in [9.17, 15) is 4.79 Å². The van der Waals surface area contributed by atoms with Crippen LogP contribution in [0, 0.1) is 6.92 Å². The van der Waals surface area contributed by atoms with Gasteiger partial charge in [-0.3, -0.25) is 9.36 Å². The third-order valence-electron chi connectivity index (χ3n) is 2.96. The highest BCUT2D eigenvalue weighted by Gasteiger charge is 2.07. The van der Waals surface area contributed by atoms with Gasteiger partial charge >= 0.3 is 0 Å². The minimum atomic E-state index is -0.0122. The van der Waals surface area contributed by atoms with Crippen molar-refractivity contribution in [2.24, 2.45) is 0 Å². The first-order chi connectivity index (χ1) is 8.27. The van der Waals surface area contributed by atoms with E-state index >= 15 is 0 Å². The van der Waals surface area contributed by atoms with Crippen LogP contribution >= 0.6 is 0 Å². The first-order valence-electron chi connectivity index (χ1n) is 5.52. The minimum Gasteiger partial charge on any atom is -0.357 e. The Bertz CT molecular complexity index is 723. The smallest absolute Gasteiger partial charge is 0.279 e. The van der Waals surface area contributed by atoms with E-state index in [1.807, 2.05) is 49.5 Å². The summed E-state index contributed by atoms with van der Waals surface area (Å²) in [6.07, 6.45) is 3.68. The molecule has 0 spiro atoms. The zero-order valence-electron chi connectivity index (χ0n) is 9.47. The summed E-state index contributed by atoms with van der Waals surface area (Å²) >= 11 is 0. The normalized spacial score (nSPS) is 10.9. The van der Waals surface area contributed by atoms with Gasteiger partial charge in [-0.05, 0) is 30.7 Å². The van der Waals surface area contributed by atoms with E-state index in [1.54, 1.807) is 10.8 Å². The van der Waals surface area contributed by atoms with Crippen LogP contribution in [0.25, 0.3) is 16.6 Å². The van der Waals surface area contributed by atoms with Crippen molar-refractivity contribution in [2.45, 2.75) is 6.92 Å². The van der Waals surface area contributed by atoms with Crippen molar-refractivity contribution in [3.63, 3.8) is 0 Å². The molecular formula is C14H12N2O. The molecule has 0 unspecified atom stereocenters.